The SMILES string of the molecule is CCNC(=NCc1cccnc1Oc1cccc(F)c1)NCCCOCC1CCOC1.I. The van der Waals surface area contributed by atoms with Gasteiger partial charge in [-0.1, -0.05) is 12.1 Å². The lowest BCUT2D eigenvalue weighted by Crippen LogP contribution is -2.38. The van der Waals surface area contributed by atoms with E-state index in [1.165, 1.54) is 12.1 Å². The third-order valence-electron chi connectivity index (χ3n) is 4.75. The van der Waals surface area contributed by atoms with E-state index in [-0.39, 0.29) is 29.8 Å². The summed E-state index contributed by atoms with van der Waals surface area (Å²) < 4.78 is 30.3. The van der Waals surface area contributed by atoms with Gasteiger partial charge in [0.1, 0.15) is 11.6 Å². The van der Waals surface area contributed by atoms with E-state index in [2.05, 4.69) is 20.6 Å². The summed E-state index contributed by atoms with van der Waals surface area (Å²) in [6.07, 6.45) is 3.62. The van der Waals surface area contributed by atoms with Gasteiger partial charge in [0.25, 0.3) is 0 Å². The number of hydrogen-bond acceptors (Lipinski definition) is 5. The van der Waals surface area contributed by atoms with Crippen molar-refractivity contribution in [1.82, 2.24) is 15.6 Å². The van der Waals surface area contributed by atoms with Crippen molar-refractivity contribution in [3.63, 3.8) is 0 Å². The first-order valence-electron chi connectivity index (χ1n) is 10.8. The van der Waals surface area contributed by atoms with Crippen LogP contribution in [0.15, 0.2) is 47.6 Å². The van der Waals surface area contributed by atoms with E-state index in [4.69, 9.17) is 14.2 Å². The van der Waals surface area contributed by atoms with Gasteiger partial charge >= 0.3 is 0 Å². The molecule has 7 nitrogen and oxygen atoms in total. The van der Waals surface area contributed by atoms with Crippen molar-refractivity contribution < 1.29 is 18.6 Å². The van der Waals surface area contributed by atoms with E-state index in [1.807, 2.05) is 19.1 Å². The molecule has 2 aromatic rings. The Morgan fingerprint density at radius 2 is 2.19 bits per heavy atom. The van der Waals surface area contributed by atoms with Gasteiger partial charge in [-0.15, -0.1) is 24.0 Å². The first kappa shape index (κ1) is 26.3. The summed E-state index contributed by atoms with van der Waals surface area (Å²) in [5.74, 6) is 1.71. The second kappa shape index (κ2) is 15.0. The molecule has 0 spiro atoms. The zero-order chi connectivity index (χ0) is 21.7. The smallest absolute Gasteiger partial charge is 0.224 e. The van der Waals surface area contributed by atoms with Crippen LogP contribution in [0.2, 0.25) is 0 Å². The van der Waals surface area contributed by atoms with Crippen molar-refractivity contribution in [2.75, 3.05) is 39.5 Å². The number of ether oxygens (including phenoxy) is 3. The van der Waals surface area contributed by atoms with Crippen LogP contribution in [0.5, 0.6) is 11.6 Å². The second-order valence-electron chi connectivity index (χ2n) is 7.31. The number of aromatic nitrogens is 1. The Balaban J connectivity index is 0.00000363. The molecule has 0 saturated carbocycles. The van der Waals surface area contributed by atoms with Crippen LogP contribution >= 0.6 is 24.0 Å². The summed E-state index contributed by atoms with van der Waals surface area (Å²) in [5.41, 5.74) is 0.811. The Kier molecular flexibility index (Phi) is 12.3. The molecule has 0 radical (unpaired) electrons. The van der Waals surface area contributed by atoms with Gasteiger partial charge in [0.15, 0.2) is 5.96 Å². The normalized spacial score (nSPS) is 15.8. The van der Waals surface area contributed by atoms with Gasteiger partial charge in [-0.25, -0.2) is 14.4 Å². The van der Waals surface area contributed by atoms with Crippen LogP contribution in [0.25, 0.3) is 0 Å². The molecule has 9 heteroatoms. The summed E-state index contributed by atoms with van der Waals surface area (Å²) in [5, 5.41) is 6.56. The number of halogens is 2. The third kappa shape index (κ3) is 9.25. The molecule has 3 rings (SSSR count). The van der Waals surface area contributed by atoms with E-state index >= 15 is 0 Å². The monoisotopic (exact) mass is 558 g/mol. The number of nitrogens with zero attached hydrogens (tertiary/aromatic N) is 2. The second-order valence-corrected chi connectivity index (χ2v) is 7.31. The topological polar surface area (TPSA) is 77.0 Å². The summed E-state index contributed by atoms with van der Waals surface area (Å²) in [6.45, 7) is 7.05. The van der Waals surface area contributed by atoms with Gasteiger partial charge in [0.05, 0.1) is 19.8 Å². The molecule has 32 heavy (non-hydrogen) atoms. The zero-order valence-corrected chi connectivity index (χ0v) is 20.7. The van der Waals surface area contributed by atoms with Crippen molar-refractivity contribution in [3.8, 4) is 11.6 Å². The van der Waals surface area contributed by atoms with Crippen molar-refractivity contribution in [1.29, 1.82) is 0 Å². The molecule has 2 N–H and O–H groups in total. The van der Waals surface area contributed by atoms with E-state index in [0.29, 0.717) is 36.7 Å². The molecule has 176 valence electrons. The number of aliphatic imine (C=N–C) groups is 1. The highest BCUT2D eigenvalue weighted by Crippen LogP contribution is 2.24. The fraction of sp³-hybridized carbons (Fsp3) is 0.478. The minimum Gasteiger partial charge on any atom is -0.439 e. The minimum absolute atomic E-state index is 0. The lowest BCUT2D eigenvalue weighted by atomic mass is 10.1. The van der Waals surface area contributed by atoms with Gasteiger partial charge in [0.2, 0.25) is 5.88 Å². The van der Waals surface area contributed by atoms with Gasteiger partial charge in [0, 0.05) is 50.0 Å². The number of guanidine groups is 1. The predicted octanol–water partition coefficient (Wildman–Crippen LogP) is 4.13. The van der Waals surface area contributed by atoms with Crippen LogP contribution in [0, 0.1) is 11.7 Å². The molecule has 2 heterocycles. The van der Waals surface area contributed by atoms with Crippen molar-refractivity contribution in [2.45, 2.75) is 26.3 Å². The summed E-state index contributed by atoms with van der Waals surface area (Å²) in [4.78, 5) is 8.90. The highest BCUT2D eigenvalue weighted by molar-refractivity contribution is 14.0. The van der Waals surface area contributed by atoms with Crippen molar-refractivity contribution in [2.24, 2.45) is 10.9 Å². The largest absolute Gasteiger partial charge is 0.439 e. The molecule has 0 bridgehead atoms. The fourth-order valence-electron chi connectivity index (χ4n) is 3.13. The number of rotatable bonds is 11. The Morgan fingerprint density at radius 1 is 1.28 bits per heavy atom. The Bertz CT molecular complexity index is 834. The molecular formula is C23H32FIN4O3. The van der Waals surface area contributed by atoms with Crippen LogP contribution < -0.4 is 15.4 Å². The average Bonchev–Trinajstić information content (AvgIpc) is 3.29. The average molecular weight is 558 g/mol. The van der Waals surface area contributed by atoms with Gasteiger partial charge < -0.3 is 24.8 Å². The predicted molar refractivity (Wildman–Crippen MR) is 133 cm³/mol. The van der Waals surface area contributed by atoms with Gasteiger partial charge in [-0.2, -0.15) is 0 Å². The number of benzene rings is 1. The summed E-state index contributed by atoms with van der Waals surface area (Å²) in [6, 6.07) is 9.72. The molecule has 0 aliphatic carbocycles. The highest BCUT2D eigenvalue weighted by atomic mass is 127. The molecule has 1 aliphatic rings. The third-order valence-corrected chi connectivity index (χ3v) is 4.75. The maximum absolute atomic E-state index is 13.4. The maximum atomic E-state index is 13.4. The van der Waals surface area contributed by atoms with E-state index in [0.717, 1.165) is 51.3 Å². The van der Waals surface area contributed by atoms with Crippen LogP contribution in [0.3, 0.4) is 0 Å². The molecule has 0 amide bonds. The minimum atomic E-state index is -0.354. The number of nitrogens with one attached hydrogen (secondary N) is 2. The van der Waals surface area contributed by atoms with Crippen molar-refractivity contribution >= 4 is 29.9 Å². The molecule has 1 atom stereocenters. The van der Waals surface area contributed by atoms with E-state index in [1.54, 1.807) is 18.3 Å². The standard InChI is InChI=1S/C23H31FN4O3.HI/c1-2-25-23(27-11-5-12-29-16-18-9-13-30-17-18)28-15-19-6-4-10-26-22(19)31-21-8-3-7-20(24)14-21;/h3-4,6-8,10,14,18H,2,5,9,11-13,15-17H2,1H3,(H2,25,27,28);1H. The molecule has 1 saturated heterocycles. The molecule has 1 fully saturated rings. The molecule has 1 aromatic carbocycles. The Labute approximate surface area is 206 Å². The molecule has 1 aliphatic heterocycles. The molecule has 1 aromatic heterocycles. The first-order chi connectivity index (χ1) is 15.2. The Morgan fingerprint density at radius 3 is 2.97 bits per heavy atom. The zero-order valence-electron chi connectivity index (χ0n) is 18.4. The van der Waals surface area contributed by atoms with E-state index < -0.39 is 0 Å². The molecular weight excluding hydrogens is 526 g/mol. The maximum Gasteiger partial charge on any atom is 0.224 e. The number of pyridine rings is 1. The Hall–Kier alpha value is -1.98. The first-order valence-corrected chi connectivity index (χ1v) is 10.8. The lowest BCUT2D eigenvalue weighted by molar-refractivity contribution is 0.0888. The van der Waals surface area contributed by atoms with Gasteiger partial charge in [-0.3, -0.25) is 0 Å². The lowest BCUT2D eigenvalue weighted by Gasteiger charge is -2.13. The number of hydrogen-bond donors (Lipinski definition) is 2. The quantitative estimate of drug-likeness (QED) is 0.187. The fourth-order valence-corrected chi connectivity index (χ4v) is 3.13. The van der Waals surface area contributed by atoms with E-state index in [9.17, 15) is 4.39 Å². The highest BCUT2D eigenvalue weighted by Gasteiger charge is 2.15. The van der Waals surface area contributed by atoms with Crippen LogP contribution in [-0.4, -0.2) is 50.5 Å². The van der Waals surface area contributed by atoms with Crippen LogP contribution in [-0.2, 0) is 16.0 Å². The van der Waals surface area contributed by atoms with Crippen molar-refractivity contribution in [3.05, 3.63) is 54.0 Å². The summed E-state index contributed by atoms with van der Waals surface area (Å²) >= 11 is 0. The molecule has 1 unspecified atom stereocenters. The summed E-state index contributed by atoms with van der Waals surface area (Å²) in [7, 11) is 0. The van der Waals surface area contributed by atoms with Crippen LogP contribution in [0.4, 0.5) is 4.39 Å². The van der Waals surface area contributed by atoms with Gasteiger partial charge in [-0.05, 0) is 38.0 Å². The van der Waals surface area contributed by atoms with Crippen LogP contribution in [0.1, 0.15) is 25.3 Å².